The van der Waals surface area contributed by atoms with Crippen molar-refractivity contribution >= 4 is 11.4 Å². The number of nitro groups is 1. The molecule has 1 aromatic carbocycles. The molecular formula is C16H24N2O3. The molecule has 116 valence electrons. The Morgan fingerprint density at radius 3 is 2.81 bits per heavy atom. The zero-order chi connectivity index (χ0) is 15.2. The fourth-order valence-corrected chi connectivity index (χ4v) is 2.87. The molecule has 0 aliphatic heterocycles. The summed E-state index contributed by atoms with van der Waals surface area (Å²) in [5, 5.41) is 14.4. The maximum absolute atomic E-state index is 11.0. The van der Waals surface area contributed by atoms with Crippen LogP contribution in [0.15, 0.2) is 18.2 Å². The monoisotopic (exact) mass is 292 g/mol. The van der Waals surface area contributed by atoms with Gasteiger partial charge >= 0.3 is 0 Å². The maximum atomic E-state index is 11.0. The highest BCUT2D eigenvalue weighted by Crippen LogP contribution is 2.32. The van der Waals surface area contributed by atoms with Crippen molar-refractivity contribution in [1.82, 2.24) is 0 Å². The van der Waals surface area contributed by atoms with E-state index in [4.69, 9.17) is 4.74 Å². The minimum Gasteiger partial charge on any atom is -0.493 e. The van der Waals surface area contributed by atoms with E-state index in [2.05, 4.69) is 12.2 Å². The van der Waals surface area contributed by atoms with Crippen molar-refractivity contribution in [3.8, 4) is 5.75 Å². The molecular weight excluding hydrogens is 268 g/mol. The summed E-state index contributed by atoms with van der Waals surface area (Å²) in [4.78, 5) is 10.6. The molecule has 0 amide bonds. The lowest BCUT2D eigenvalue weighted by Gasteiger charge is -2.17. The van der Waals surface area contributed by atoms with E-state index < -0.39 is 0 Å². The van der Waals surface area contributed by atoms with Crippen LogP contribution in [0.25, 0.3) is 0 Å². The summed E-state index contributed by atoms with van der Waals surface area (Å²) in [6, 6.07) is 4.92. The number of rotatable bonds is 7. The summed E-state index contributed by atoms with van der Waals surface area (Å²) in [6.45, 7) is 5.73. The van der Waals surface area contributed by atoms with Crippen molar-refractivity contribution in [1.29, 1.82) is 0 Å². The second-order valence-electron chi connectivity index (χ2n) is 5.87. The third-order valence-corrected chi connectivity index (χ3v) is 4.18. The van der Waals surface area contributed by atoms with Crippen molar-refractivity contribution in [2.45, 2.75) is 39.5 Å². The van der Waals surface area contributed by atoms with Gasteiger partial charge < -0.3 is 10.1 Å². The van der Waals surface area contributed by atoms with Crippen LogP contribution in [-0.2, 0) is 0 Å². The SMILES string of the molecule is CCCOc1cc(NCC2CCCC2C)cc([N+](=O)[O-])c1. The predicted octanol–water partition coefficient (Wildman–Crippen LogP) is 4.23. The standard InChI is InChI=1S/C16H24N2O3/c1-3-7-21-16-9-14(8-15(10-16)18(19)20)17-11-13-6-4-5-12(13)2/h8-10,12-13,17H,3-7,11H2,1-2H3. The van der Waals surface area contributed by atoms with Crippen molar-refractivity contribution < 1.29 is 9.66 Å². The first-order valence-electron chi connectivity index (χ1n) is 7.76. The van der Waals surface area contributed by atoms with Gasteiger partial charge in [-0.25, -0.2) is 0 Å². The first-order valence-corrected chi connectivity index (χ1v) is 7.76. The van der Waals surface area contributed by atoms with Gasteiger partial charge in [0.15, 0.2) is 0 Å². The topological polar surface area (TPSA) is 64.4 Å². The smallest absolute Gasteiger partial charge is 0.275 e. The van der Waals surface area contributed by atoms with Gasteiger partial charge in [0.05, 0.1) is 17.6 Å². The van der Waals surface area contributed by atoms with Crippen LogP contribution in [0.4, 0.5) is 11.4 Å². The average Bonchev–Trinajstić information content (AvgIpc) is 2.88. The molecule has 0 heterocycles. The molecule has 0 saturated heterocycles. The highest BCUT2D eigenvalue weighted by Gasteiger charge is 2.23. The number of ether oxygens (including phenoxy) is 1. The molecule has 5 nitrogen and oxygen atoms in total. The van der Waals surface area contributed by atoms with Crippen LogP contribution in [0.3, 0.4) is 0 Å². The largest absolute Gasteiger partial charge is 0.493 e. The lowest BCUT2D eigenvalue weighted by atomic mass is 9.98. The Balaban J connectivity index is 2.05. The van der Waals surface area contributed by atoms with E-state index >= 15 is 0 Å². The van der Waals surface area contributed by atoms with Crippen LogP contribution in [0.1, 0.15) is 39.5 Å². The van der Waals surface area contributed by atoms with Crippen molar-refractivity contribution in [3.05, 3.63) is 28.3 Å². The lowest BCUT2D eigenvalue weighted by Crippen LogP contribution is -2.16. The molecule has 0 bridgehead atoms. The summed E-state index contributed by atoms with van der Waals surface area (Å²) in [7, 11) is 0. The number of nitro benzene ring substituents is 1. The quantitative estimate of drug-likeness (QED) is 0.603. The average molecular weight is 292 g/mol. The van der Waals surface area contributed by atoms with Crippen molar-refractivity contribution in [2.75, 3.05) is 18.5 Å². The number of benzene rings is 1. The summed E-state index contributed by atoms with van der Waals surface area (Å²) in [6.07, 6.45) is 4.69. The highest BCUT2D eigenvalue weighted by molar-refractivity contribution is 5.56. The van der Waals surface area contributed by atoms with Gasteiger partial charge in [-0.2, -0.15) is 0 Å². The molecule has 2 rings (SSSR count). The van der Waals surface area contributed by atoms with E-state index in [0.717, 1.165) is 24.6 Å². The van der Waals surface area contributed by atoms with E-state index in [1.165, 1.54) is 25.3 Å². The summed E-state index contributed by atoms with van der Waals surface area (Å²) < 4.78 is 5.54. The van der Waals surface area contributed by atoms with Crippen molar-refractivity contribution in [2.24, 2.45) is 11.8 Å². The number of nitrogens with one attached hydrogen (secondary N) is 1. The van der Waals surface area contributed by atoms with E-state index in [1.807, 2.05) is 13.0 Å². The molecule has 1 N–H and O–H groups in total. The van der Waals surface area contributed by atoms with Crippen LogP contribution >= 0.6 is 0 Å². The molecule has 1 aliphatic carbocycles. The van der Waals surface area contributed by atoms with Gasteiger partial charge in [-0.15, -0.1) is 0 Å². The summed E-state index contributed by atoms with van der Waals surface area (Å²) in [5.41, 5.74) is 0.847. The van der Waals surface area contributed by atoms with E-state index in [0.29, 0.717) is 18.3 Å². The number of hydrogen-bond donors (Lipinski definition) is 1. The molecule has 0 aromatic heterocycles. The van der Waals surface area contributed by atoms with Crippen LogP contribution in [0, 0.1) is 22.0 Å². The maximum Gasteiger partial charge on any atom is 0.275 e. The first-order chi connectivity index (χ1) is 10.1. The highest BCUT2D eigenvalue weighted by atomic mass is 16.6. The molecule has 2 unspecified atom stereocenters. The third kappa shape index (κ3) is 4.34. The van der Waals surface area contributed by atoms with E-state index in [9.17, 15) is 10.1 Å². The molecule has 5 heteroatoms. The molecule has 2 atom stereocenters. The fourth-order valence-electron chi connectivity index (χ4n) is 2.87. The third-order valence-electron chi connectivity index (χ3n) is 4.18. The summed E-state index contributed by atoms with van der Waals surface area (Å²) in [5.74, 6) is 1.95. The Morgan fingerprint density at radius 2 is 2.19 bits per heavy atom. The molecule has 0 spiro atoms. The Hall–Kier alpha value is -1.78. The number of anilines is 1. The molecule has 1 aliphatic rings. The number of nitrogens with zero attached hydrogens (tertiary/aromatic N) is 1. The van der Waals surface area contributed by atoms with Gasteiger partial charge in [0.1, 0.15) is 5.75 Å². The van der Waals surface area contributed by atoms with Gasteiger partial charge in [-0.1, -0.05) is 26.7 Å². The number of non-ortho nitro benzene ring substituents is 1. The molecule has 0 radical (unpaired) electrons. The molecule has 21 heavy (non-hydrogen) atoms. The van der Waals surface area contributed by atoms with Crippen LogP contribution < -0.4 is 10.1 Å². The Morgan fingerprint density at radius 1 is 1.38 bits per heavy atom. The van der Waals surface area contributed by atoms with Gasteiger partial charge in [-0.05, 0) is 24.7 Å². The molecule has 1 saturated carbocycles. The Kier molecular flexibility index (Phi) is 5.42. The minimum atomic E-state index is -0.373. The predicted molar refractivity (Wildman–Crippen MR) is 83.9 cm³/mol. The fraction of sp³-hybridized carbons (Fsp3) is 0.625. The van der Waals surface area contributed by atoms with Crippen LogP contribution in [0.2, 0.25) is 0 Å². The van der Waals surface area contributed by atoms with Crippen molar-refractivity contribution in [3.63, 3.8) is 0 Å². The summed E-state index contributed by atoms with van der Waals surface area (Å²) >= 11 is 0. The molecule has 1 aromatic rings. The Bertz CT molecular complexity index is 490. The van der Waals surface area contributed by atoms with Crippen LogP contribution in [0.5, 0.6) is 5.75 Å². The van der Waals surface area contributed by atoms with Crippen LogP contribution in [-0.4, -0.2) is 18.1 Å². The number of hydrogen-bond acceptors (Lipinski definition) is 4. The van der Waals surface area contributed by atoms with Gasteiger partial charge in [0, 0.05) is 24.4 Å². The lowest BCUT2D eigenvalue weighted by molar-refractivity contribution is -0.384. The zero-order valence-electron chi connectivity index (χ0n) is 12.8. The van der Waals surface area contributed by atoms with E-state index in [1.54, 1.807) is 6.07 Å². The van der Waals surface area contributed by atoms with Gasteiger partial charge in [-0.3, -0.25) is 10.1 Å². The Labute approximate surface area is 125 Å². The second-order valence-corrected chi connectivity index (χ2v) is 5.87. The van der Waals surface area contributed by atoms with Gasteiger partial charge in [0.2, 0.25) is 0 Å². The zero-order valence-corrected chi connectivity index (χ0v) is 12.8. The second kappa shape index (κ2) is 7.29. The van der Waals surface area contributed by atoms with Gasteiger partial charge in [0.25, 0.3) is 5.69 Å². The minimum absolute atomic E-state index is 0.0746. The first kappa shape index (κ1) is 15.6. The van der Waals surface area contributed by atoms with E-state index in [-0.39, 0.29) is 10.6 Å². The molecule has 1 fully saturated rings. The normalized spacial score (nSPS) is 21.2.